The minimum absolute atomic E-state index is 0.0202. The highest BCUT2D eigenvalue weighted by Gasteiger charge is 2.38. The van der Waals surface area contributed by atoms with E-state index in [-0.39, 0.29) is 16.6 Å². The van der Waals surface area contributed by atoms with Crippen LogP contribution in [0.15, 0.2) is 41.1 Å². The van der Waals surface area contributed by atoms with E-state index in [0.717, 1.165) is 10.6 Å². The first-order valence-electron chi connectivity index (χ1n) is 5.62. The molecule has 18 heavy (non-hydrogen) atoms. The molecule has 4 nitrogen and oxygen atoms in total. The van der Waals surface area contributed by atoms with Crippen LogP contribution in [-0.2, 0) is 9.59 Å². The standard InChI is InChI=1S/C13H13ClN2O2/c1-3-16-12(17)10(14)11(13(16)18)15(2)9-7-5-4-6-8-9/h4-8H,3H2,1-2H3. The number of imide groups is 1. The van der Waals surface area contributed by atoms with Crippen LogP contribution in [0.5, 0.6) is 0 Å². The van der Waals surface area contributed by atoms with E-state index in [1.165, 1.54) is 0 Å². The number of rotatable bonds is 3. The lowest BCUT2D eigenvalue weighted by molar-refractivity contribution is -0.137. The number of carbonyl (C=O) groups excluding carboxylic acids is 2. The molecule has 0 bridgehead atoms. The second-order valence-corrected chi connectivity index (χ2v) is 4.29. The predicted molar refractivity (Wildman–Crippen MR) is 70.1 cm³/mol. The van der Waals surface area contributed by atoms with Gasteiger partial charge in [-0.1, -0.05) is 29.8 Å². The second-order valence-electron chi connectivity index (χ2n) is 3.91. The Balaban J connectivity index is 2.39. The normalized spacial score (nSPS) is 15.6. The van der Waals surface area contributed by atoms with Gasteiger partial charge in [0.1, 0.15) is 10.7 Å². The van der Waals surface area contributed by atoms with Crippen molar-refractivity contribution in [3.8, 4) is 0 Å². The Morgan fingerprint density at radius 2 is 1.78 bits per heavy atom. The van der Waals surface area contributed by atoms with E-state index >= 15 is 0 Å². The predicted octanol–water partition coefficient (Wildman–Crippen LogP) is 1.96. The van der Waals surface area contributed by atoms with Gasteiger partial charge in [0.25, 0.3) is 11.8 Å². The highest BCUT2D eigenvalue weighted by atomic mass is 35.5. The van der Waals surface area contributed by atoms with Crippen molar-refractivity contribution in [3.05, 3.63) is 41.1 Å². The summed E-state index contributed by atoms with van der Waals surface area (Å²) in [7, 11) is 1.72. The largest absolute Gasteiger partial charge is 0.339 e. The molecule has 5 heteroatoms. The van der Waals surface area contributed by atoms with Crippen molar-refractivity contribution in [1.82, 2.24) is 4.90 Å². The fraction of sp³-hybridized carbons (Fsp3) is 0.231. The molecule has 0 radical (unpaired) electrons. The Bertz CT molecular complexity index is 525. The van der Waals surface area contributed by atoms with Crippen LogP contribution in [0.1, 0.15) is 6.92 Å². The van der Waals surface area contributed by atoms with E-state index in [0.29, 0.717) is 6.54 Å². The van der Waals surface area contributed by atoms with Gasteiger partial charge in [-0.15, -0.1) is 0 Å². The first-order chi connectivity index (χ1) is 8.57. The van der Waals surface area contributed by atoms with E-state index in [9.17, 15) is 9.59 Å². The Kier molecular flexibility index (Phi) is 3.39. The maximum absolute atomic E-state index is 12.1. The van der Waals surface area contributed by atoms with E-state index in [1.54, 1.807) is 18.9 Å². The van der Waals surface area contributed by atoms with Gasteiger partial charge in [0.15, 0.2) is 0 Å². The Morgan fingerprint density at radius 1 is 1.17 bits per heavy atom. The maximum atomic E-state index is 12.1. The van der Waals surface area contributed by atoms with Crippen molar-refractivity contribution in [2.24, 2.45) is 0 Å². The number of benzene rings is 1. The lowest BCUT2D eigenvalue weighted by Gasteiger charge is -2.20. The van der Waals surface area contributed by atoms with Gasteiger partial charge in [-0.25, -0.2) is 0 Å². The van der Waals surface area contributed by atoms with Crippen LogP contribution in [0.2, 0.25) is 0 Å². The number of hydrogen-bond acceptors (Lipinski definition) is 3. The first-order valence-corrected chi connectivity index (χ1v) is 6.00. The van der Waals surface area contributed by atoms with E-state index in [4.69, 9.17) is 11.6 Å². The van der Waals surface area contributed by atoms with Crippen molar-refractivity contribution in [2.45, 2.75) is 6.92 Å². The van der Waals surface area contributed by atoms with Gasteiger partial charge in [-0.2, -0.15) is 0 Å². The molecule has 0 aliphatic carbocycles. The molecule has 0 N–H and O–H groups in total. The zero-order valence-electron chi connectivity index (χ0n) is 10.2. The quantitative estimate of drug-likeness (QED) is 0.784. The summed E-state index contributed by atoms with van der Waals surface area (Å²) in [5.41, 5.74) is 1.04. The number of para-hydroxylation sites is 1. The Labute approximate surface area is 110 Å². The third-order valence-corrected chi connectivity index (χ3v) is 3.22. The van der Waals surface area contributed by atoms with Crippen molar-refractivity contribution in [3.63, 3.8) is 0 Å². The van der Waals surface area contributed by atoms with Crippen molar-refractivity contribution in [2.75, 3.05) is 18.5 Å². The summed E-state index contributed by atoms with van der Waals surface area (Å²) in [6.07, 6.45) is 0. The fourth-order valence-electron chi connectivity index (χ4n) is 1.89. The van der Waals surface area contributed by atoms with Gasteiger partial charge in [0.05, 0.1) is 0 Å². The molecular weight excluding hydrogens is 252 g/mol. The summed E-state index contributed by atoms with van der Waals surface area (Å²) < 4.78 is 0. The molecule has 0 atom stereocenters. The van der Waals surface area contributed by atoms with Gasteiger partial charge in [-0.05, 0) is 19.1 Å². The topological polar surface area (TPSA) is 40.6 Å². The maximum Gasteiger partial charge on any atom is 0.279 e. The average molecular weight is 265 g/mol. The molecule has 0 saturated carbocycles. The van der Waals surface area contributed by atoms with E-state index < -0.39 is 5.91 Å². The number of nitrogens with zero attached hydrogens (tertiary/aromatic N) is 2. The highest BCUT2D eigenvalue weighted by Crippen LogP contribution is 2.28. The van der Waals surface area contributed by atoms with Gasteiger partial charge >= 0.3 is 0 Å². The zero-order chi connectivity index (χ0) is 13.3. The minimum atomic E-state index is -0.429. The van der Waals surface area contributed by atoms with Gasteiger partial charge in [0, 0.05) is 19.3 Å². The zero-order valence-corrected chi connectivity index (χ0v) is 10.9. The van der Waals surface area contributed by atoms with Crippen molar-refractivity contribution < 1.29 is 9.59 Å². The van der Waals surface area contributed by atoms with Crippen molar-refractivity contribution in [1.29, 1.82) is 0 Å². The van der Waals surface area contributed by atoms with Gasteiger partial charge in [-0.3, -0.25) is 14.5 Å². The summed E-state index contributed by atoms with van der Waals surface area (Å²) in [5.74, 6) is -0.777. The molecule has 0 unspecified atom stereocenters. The summed E-state index contributed by atoms with van der Waals surface area (Å²) in [4.78, 5) is 26.6. The Morgan fingerprint density at radius 3 is 2.28 bits per heavy atom. The molecule has 1 aliphatic heterocycles. The average Bonchev–Trinajstić information content (AvgIpc) is 2.60. The summed E-state index contributed by atoms with van der Waals surface area (Å²) in [6.45, 7) is 2.06. The molecule has 0 spiro atoms. The summed E-state index contributed by atoms with van der Waals surface area (Å²) in [6, 6.07) is 9.30. The number of hydrogen-bond donors (Lipinski definition) is 0. The number of likely N-dealkylation sites (N-methyl/N-ethyl adjacent to an activating group) is 2. The number of carbonyl (C=O) groups is 2. The first kappa shape index (κ1) is 12.6. The van der Waals surface area contributed by atoms with Gasteiger partial charge < -0.3 is 4.90 Å². The van der Waals surface area contributed by atoms with Crippen LogP contribution in [-0.4, -0.2) is 30.3 Å². The number of anilines is 1. The SMILES string of the molecule is CCN1C(=O)C(Cl)=C(N(C)c2ccccc2)C1=O. The van der Waals surface area contributed by atoms with Crippen LogP contribution < -0.4 is 4.90 Å². The molecule has 0 fully saturated rings. The third-order valence-electron chi connectivity index (χ3n) is 2.88. The van der Waals surface area contributed by atoms with Crippen LogP contribution >= 0.6 is 11.6 Å². The van der Waals surface area contributed by atoms with Gasteiger partial charge in [0.2, 0.25) is 0 Å². The lowest BCUT2D eigenvalue weighted by atomic mass is 10.2. The molecule has 1 heterocycles. The van der Waals surface area contributed by atoms with Crippen LogP contribution in [0.25, 0.3) is 0 Å². The third kappa shape index (κ3) is 1.88. The highest BCUT2D eigenvalue weighted by molar-refractivity contribution is 6.48. The molecule has 2 amide bonds. The molecule has 1 aromatic carbocycles. The second kappa shape index (κ2) is 4.82. The van der Waals surface area contributed by atoms with E-state index in [2.05, 4.69) is 0 Å². The van der Waals surface area contributed by atoms with Crippen molar-refractivity contribution >= 4 is 29.1 Å². The molecule has 94 valence electrons. The number of halogens is 1. The fourth-order valence-corrected chi connectivity index (χ4v) is 2.20. The minimum Gasteiger partial charge on any atom is -0.339 e. The lowest BCUT2D eigenvalue weighted by Crippen LogP contribution is -2.33. The van der Waals surface area contributed by atoms with Crippen LogP contribution in [0, 0.1) is 0 Å². The molecular formula is C13H13ClN2O2. The molecule has 0 saturated heterocycles. The molecule has 1 aromatic rings. The van der Waals surface area contributed by atoms with Crippen LogP contribution in [0.3, 0.4) is 0 Å². The summed E-state index contributed by atoms with van der Waals surface area (Å²) >= 11 is 5.97. The summed E-state index contributed by atoms with van der Waals surface area (Å²) in [5, 5.41) is -0.0202. The molecule has 2 rings (SSSR count). The van der Waals surface area contributed by atoms with E-state index in [1.807, 2.05) is 30.3 Å². The number of amides is 2. The monoisotopic (exact) mass is 264 g/mol. The molecule has 1 aliphatic rings. The Hall–Kier alpha value is -1.81. The smallest absolute Gasteiger partial charge is 0.279 e. The van der Waals surface area contributed by atoms with Crippen LogP contribution in [0.4, 0.5) is 5.69 Å². The molecule has 0 aromatic heterocycles.